The molecule has 0 atom stereocenters. The summed E-state index contributed by atoms with van der Waals surface area (Å²) < 4.78 is 2.17. The Morgan fingerprint density at radius 1 is 1.33 bits per heavy atom. The molecule has 0 aromatic carbocycles. The van der Waals surface area contributed by atoms with Crippen molar-refractivity contribution in [1.82, 2.24) is 25.2 Å². The molecule has 5 nitrogen and oxygen atoms in total. The van der Waals surface area contributed by atoms with Crippen molar-refractivity contribution in [2.75, 3.05) is 26.7 Å². The van der Waals surface area contributed by atoms with E-state index in [9.17, 15) is 0 Å². The Labute approximate surface area is 109 Å². The normalized spacial score (nSPS) is 23.9. The average Bonchev–Trinajstić information content (AvgIpc) is 2.77. The van der Waals surface area contributed by atoms with E-state index in [1.165, 1.54) is 31.6 Å². The van der Waals surface area contributed by atoms with Gasteiger partial charge in [-0.1, -0.05) is 12.1 Å². The molecule has 1 aromatic heterocycles. The van der Waals surface area contributed by atoms with Gasteiger partial charge in [0.25, 0.3) is 0 Å². The van der Waals surface area contributed by atoms with Crippen LogP contribution in [-0.2, 0) is 19.5 Å². The highest BCUT2D eigenvalue weighted by molar-refractivity contribution is 5.13. The number of nitrogens with zero attached hydrogens (tertiary/aromatic N) is 4. The zero-order chi connectivity index (χ0) is 12.6. The highest BCUT2D eigenvalue weighted by atomic mass is 15.4. The molecular formula is C13H23N5. The highest BCUT2D eigenvalue weighted by Crippen LogP contribution is 2.32. The van der Waals surface area contributed by atoms with Gasteiger partial charge in [0.1, 0.15) is 0 Å². The largest absolute Gasteiger partial charge is 0.311 e. The van der Waals surface area contributed by atoms with Crippen molar-refractivity contribution in [3.8, 4) is 0 Å². The van der Waals surface area contributed by atoms with Crippen LogP contribution in [0.25, 0.3) is 0 Å². The van der Waals surface area contributed by atoms with Crippen molar-refractivity contribution in [2.24, 2.45) is 5.41 Å². The highest BCUT2D eigenvalue weighted by Gasteiger charge is 2.31. The number of fused-ring (bicyclic) bond motifs is 1. The molecule has 2 aliphatic heterocycles. The van der Waals surface area contributed by atoms with E-state index in [0.29, 0.717) is 5.41 Å². The number of piperidine rings is 1. The van der Waals surface area contributed by atoms with E-state index in [1.54, 1.807) is 0 Å². The molecule has 0 bridgehead atoms. The maximum Gasteiger partial charge on any atom is 0.0997 e. The molecule has 0 saturated carbocycles. The molecule has 0 aliphatic carbocycles. The molecular weight excluding hydrogens is 226 g/mol. The lowest BCUT2D eigenvalue weighted by molar-refractivity contribution is 0.114. The summed E-state index contributed by atoms with van der Waals surface area (Å²) in [6.45, 7) is 7.77. The van der Waals surface area contributed by atoms with Gasteiger partial charge in [0, 0.05) is 26.1 Å². The van der Waals surface area contributed by atoms with Crippen LogP contribution in [0.4, 0.5) is 0 Å². The summed E-state index contributed by atoms with van der Waals surface area (Å²) in [5.74, 6) is 0. The number of likely N-dealkylation sites (tertiary alicyclic amines) is 1. The van der Waals surface area contributed by atoms with Gasteiger partial charge in [0.15, 0.2) is 0 Å². The van der Waals surface area contributed by atoms with Crippen LogP contribution in [0, 0.1) is 5.41 Å². The lowest BCUT2D eigenvalue weighted by atomic mass is 9.80. The molecule has 1 saturated heterocycles. The van der Waals surface area contributed by atoms with Crippen LogP contribution in [0.2, 0.25) is 0 Å². The first-order chi connectivity index (χ1) is 8.66. The van der Waals surface area contributed by atoms with E-state index in [-0.39, 0.29) is 0 Å². The van der Waals surface area contributed by atoms with Crippen molar-refractivity contribution < 1.29 is 0 Å². The smallest absolute Gasteiger partial charge is 0.0997 e. The summed E-state index contributed by atoms with van der Waals surface area (Å²) in [6, 6.07) is 0. The molecule has 0 amide bonds. The van der Waals surface area contributed by atoms with Crippen LogP contribution in [0.15, 0.2) is 0 Å². The van der Waals surface area contributed by atoms with E-state index in [1.807, 2.05) is 0 Å². The van der Waals surface area contributed by atoms with Crippen LogP contribution in [-0.4, -0.2) is 46.6 Å². The fraction of sp³-hybridized carbons (Fsp3) is 0.846. The van der Waals surface area contributed by atoms with Gasteiger partial charge in [0.2, 0.25) is 0 Å². The Hall–Kier alpha value is -0.940. The lowest BCUT2D eigenvalue weighted by Crippen LogP contribution is -2.39. The third-order valence-electron chi connectivity index (χ3n) is 4.47. The van der Waals surface area contributed by atoms with Gasteiger partial charge >= 0.3 is 0 Å². The predicted molar refractivity (Wildman–Crippen MR) is 70.3 cm³/mol. The molecule has 1 N–H and O–H groups in total. The Kier molecular flexibility index (Phi) is 3.11. The number of nitrogens with one attached hydrogen (secondary N) is 1. The van der Waals surface area contributed by atoms with Crippen LogP contribution in [0.5, 0.6) is 0 Å². The molecule has 0 radical (unpaired) electrons. The SMILES string of the molecule is CN1CCC(C)(Cn2nnc3c2CCNC3)CC1. The van der Waals surface area contributed by atoms with E-state index in [0.717, 1.165) is 31.7 Å². The quantitative estimate of drug-likeness (QED) is 0.836. The number of rotatable bonds is 2. The van der Waals surface area contributed by atoms with Crippen LogP contribution in [0.1, 0.15) is 31.2 Å². The van der Waals surface area contributed by atoms with Crippen LogP contribution >= 0.6 is 0 Å². The fourth-order valence-electron chi connectivity index (χ4n) is 3.00. The Morgan fingerprint density at radius 3 is 2.89 bits per heavy atom. The van der Waals surface area contributed by atoms with Crippen LogP contribution < -0.4 is 5.32 Å². The number of hydrogen-bond donors (Lipinski definition) is 1. The Balaban J connectivity index is 1.74. The van der Waals surface area contributed by atoms with Gasteiger partial charge in [-0.25, -0.2) is 4.68 Å². The standard InChI is InChI=1S/C13H23N5/c1-13(4-7-17(2)8-5-13)10-18-12-3-6-14-9-11(12)15-16-18/h14H,3-10H2,1-2H3. The maximum absolute atomic E-state index is 4.37. The summed E-state index contributed by atoms with van der Waals surface area (Å²) in [7, 11) is 2.21. The van der Waals surface area contributed by atoms with E-state index < -0.39 is 0 Å². The molecule has 1 aromatic rings. The molecule has 0 spiro atoms. The van der Waals surface area contributed by atoms with Crippen molar-refractivity contribution in [3.63, 3.8) is 0 Å². The molecule has 2 aliphatic rings. The summed E-state index contributed by atoms with van der Waals surface area (Å²) >= 11 is 0. The molecule has 3 heterocycles. The molecule has 1 fully saturated rings. The third kappa shape index (κ3) is 2.29. The van der Waals surface area contributed by atoms with Gasteiger partial charge < -0.3 is 10.2 Å². The summed E-state index contributed by atoms with van der Waals surface area (Å²) in [4.78, 5) is 2.42. The third-order valence-corrected chi connectivity index (χ3v) is 4.47. The van der Waals surface area contributed by atoms with Crippen molar-refractivity contribution in [2.45, 2.75) is 39.3 Å². The zero-order valence-corrected chi connectivity index (χ0v) is 11.4. The predicted octanol–water partition coefficient (Wildman–Crippen LogP) is 0.656. The monoisotopic (exact) mass is 249 g/mol. The molecule has 3 rings (SSSR count). The Morgan fingerprint density at radius 2 is 2.11 bits per heavy atom. The lowest BCUT2D eigenvalue weighted by Gasteiger charge is -2.38. The Bertz CT molecular complexity index is 417. The molecule has 100 valence electrons. The average molecular weight is 249 g/mol. The second kappa shape index (κ2) is 4.63. The van der Waals surface area contributed by atoms with Gasteiger partial charge in [-0.3, -0.25) is 0 Å². The van der Waals surface area contributed by atoms with E-state index in [2.05, 4.69) is 39.2 Å². The number of hydrogen-bond acceptors (Lipinski definition) is 4. The maximum atomic E-state index is 4.37. The van der Waals surface area contributed by atoms with Crippen molar-refractivity contribution in [3.05, 3.63) is 11.4 Å². The van der Waals surface area contributed by atoms with Gasteiger partial charge in [0.05, 0.1) is 11.4 Å². The minimum atomic E-state index is 0.388. The van der Waals surface area contributed by atoms with Gasteiger partial charge in [-0.2, -0.15) is 0 Å². The molecule has 5 heteroatoms. The summed E-state index contributed by atoms with van der Waals surface area (Å²) in [5.41, 5.74) is 2.89. The second-order valence-corrected chi connectivity index (χ2v) is 6.18. The van der Waals surface area contributed by atoms with Crippen molar-refractivity contribution >= 4 is 0 Å². The first-order valence-electron chi connectivity index (χ1n) is 6.97. The summed E-state index contributed by atoms with van der Waals surface area (Å²) in [6.07, 6.45) is 3.59. The number of aromatic nitrogens is 3. The van der Waals surface area contributed by atoms with Crippen LogP contribution in [0.3, 0.4) is 0 Å². The minimum absolute atomic E-state index is 0.388. The fourth-order valence-corrected chi connectivity index (χ4v) is 3.00. The zero-order valence-electron chi connectivity index (χ0n) is 11.4. The van der Waals surface area contributed by atoms with Gasteiger partial charge in [-0.05, 0) is 38.4 Å². The summed E-state index contributed by atoms with van der Waals surface area (Å²) in [5, 5.41) is 12.0. The first-order valence-corrected chi connectivity index (χ1v) is 6.97. The second-order valence-electron chi connectivity index (χ2n) is 6.18. The molecule has 18 heavy (non-hydrogen) atoms. The van der Waals surface area contributed by atoms with E-state index >= 15 is 0 Å². The van der Waals surface area contributed by atoms with Gasteiger partial charge in [-0.15, -0.1) is 5.10 Å². The topological polar surface area (TPSA) is 46.0 Å². The molecule has 0 unspecified atom stereocenters. The van der Waals surface area contributed by atoms with Crippen molar-refractivity contribution in [1.29, 1.82) is 0 Å². The first kappa shape index (κ1) is 12.1. The minimum Gasteiger partial charge on any atom is -0.311 e. The van der Waals surface area contributed by atoms with E-state index in [4.69, 9.17) is 0 Å².